The van der Waals surface area contributed by atoms with Crippen molar-refractivity contribution in [1.29, 1.82) is 10.5 Å². The van der Waals surface area contributed by atoms with Crippen molar-refractivity contribution in [3.05, 3.63) is 100 Å². The normalized spacial score (nSPS) is 10.1. The first-order chi connectivity index (χ1) is 17.8. The van der Waals surface area contributed by atoms with E-state index >= 15 is 0 Å². The van der Waals surface area contributed by atoms with Gasteiger partial charge in [-0.2, -0.15) is 10.5 Å². The van der Waals surface area contributed by atoms with Gasteiger partial charge in [0, 0.05) is 29.6 Å². The van der Waals surface area contributed by atoms with Gasteiger partial charge in [-0.05, 0) is 61.4 Å². The van der Waals surface area contributed by atoms with Crippen molar-refractivity contribution in [3.63, 3.8) is 0 Å². The van der Waals surface area contributed by atoms with Crippen molar-refractivity contribution in [2.24, 2.45) is 0 Å². The topological polar surface area (TPSA) is 120 Å². The summed E-state index contributed by atoms with van der Waals surface area (Å²) < 4.78 is 11.8. The molecule has 4 rings (SSSR count). The van der Waals surface area contributed by atoms with Gasteiger partial charge in [0.1, 0.15) is 40.8 Å². The maximum Gasteiger partial charge on any atom is 0.323 e. The highest BCUT2D eigenvalue weighted by Crippen LogP contribution is 2.31. The molecular weight excluding hydrogens is 490 g/mol. The minimum atomic E-state index is -0.453. The van der Waals surface area contributed by atoms with Gasteiger partial charge in [0.15, 0.2) is 0 Å². The second-order valence-electron chi connectivity index (χ2n) is 7.99. The van der Waals surface area contributed by atoms with Crippen molar-refractivity contribution in [1.82, 2.24) is 4.98 Å². The fourth-order valence-electron chi connectivity index (χ4n) is 3.28. The molecule has 0 spiro atoms. The summed E-state index contributed by atoms with van der Waals surface area (Å²) in [7, 11) is 0. The lowest BCUT2D eigenvalue weighted by Crippen LogP contribution is -2.19. The molecule has 0 atom stereocenters. The fourth-order valence-corrected chi connectivity index (χ4v) is 3.49. The number of hydrogen-bond donors (Lipinski definition) is 2. The molecule has 0 aliphatic heterocycles. The number of urea groups is 1. The summed E-state index contributed by atoms with van der Waals surface area (Å²) in [5.41, 5.74) is 3.40. The number of pyridine rings is 1. The Morgan fingerprint density at radius 2 is 1.41 bits per heavy atom. The number of carbonyl (C=O) groups excluding carboxylic acids is 1. The Hall–Kier alpha value is -5.05. The van der Waals surface area contributed by atoms with Gasteiger partial charge >= 0.3 is 6.03 Å². The molecule has 3 aromatic carbocycles. The van der Waals surface area contributed by atoms with Crippen LogP contribution in [-0.2, 0) is 0 Å². The maximum absolute atomic E-state index is 12.7. The van der Waals surface area contributed by atoms with Crippen LogP contribution in [0.15, 0.2) is 72.9 Å². The molecule has 37 heavy (non-hydrogen) atoms. The van der Waals surface area contributed by atoms with Gasteiger partial charge < -0.3 is 20.1 Å². The van der Waals surface area contributed by atoms with Crippen LogP contribution in [0, 0.1) is 36.5 Å². The molecule has 2 N–H and O–H groups in total. The van der Waals surface area contributed by atoms with Crippen LogP contribution in [0.3, 0.4) is 0 Å². The van der Waals surface area contributed by atoms with E-state index in [1.54, 1.807) is 54.6 Å². The number of nitrogens with one attached hydrogen (secondary N) is 2. The van der Waals surface area contributed by atoms with E-state index in [1.165, 1.54) is 6.20 Å². The van der Waals surface area contributed by atoms with E-state index in [1.807, 2.05) is 38.1 Å². The van der Waals surface area contributed by atoms with Crippen LogP contribution in [0.4, 0.5) is 16.2 Å². The zero-order valence-electron chi connectivity index (χ0n) is 19.9. The summed E-state index contributed by atoms with van der Waals surface area (Å²) in [6, 6.07) is 22.1. The van der Waals surface area contributed by atoms with E-state index < -0.39 is 6.03 Å². The minimum Gasteiger partial charge on any atom is -0.457 e. The van der Waals surface area contributed by atoms with Gasteiger partial charge in [-0.3, -0.25) is 0 Å². The number of aryl methyl sites for hydroxylation is 2. The summed E-state index contributed by atoms with van der Waals surface area (Å²) in [5.74, 6) is 2.01. The predicted molar refractivity (Wildman–Crippen MR) is 140 cm³/mol. The van der Waals surface area contributed by atoms with Gasteiger partial charge in [-0.15, -0.1) is 0 Å². The minimum absolute atomic E-state index is 0.293. The molecule has 182 valence electrons. The Labute approximate surface area is 218 Å². The quantitative estimate of drug-likeness (QED) is 0.281. The number of rotatable bonds is 6. The highest BCUT2D eigenvalue weighted by Gasteiger charge is 2.10. The molecule has 0 fully saturated rings. The average molecular weight is 510 g/mol. The van der Waals surface area contributed by atoms with Crippen LogP contribution in [0.5, 0.6) is 23.0 Å². The number of nitriles is 2. The molecule has 0 saturated carbocycles. The monoisotopic (exact) mass is 509 g/mol. The Bertz CT molecular complexity index is 1560. The second-order valence-corrected chi connectivity index (χ2v) is 8.40. The number of amides is 2. The molecule has 0 unspecified atom stereocenters. The lowest BCUT2D eigenvalue weighted by Gasteiger charge is -2.14. The molecular formula is C28H20ClN5O3. The Kier molecular flexibility index (Phi) is 7.53. The number of halogens is 1. The molecule has 0 saturated heterocycles. The van der Waals surface area contributed by atoms with Gasteiger partial charge in [0.25, 0.3) is 0 Å². The third-order valence-corrected chi connectivity index (χ3v) is 5.57. The van der Waals surface area contributed by atoms with Crippen molar-refractivity contribution in [3.8, 4) is 35.1 Å². The second kappa shape index (κ2) is 11.1. The van der Waals surface area contributed by atoms with E-state index in [4.69, 9.17) is 31.6 Å². The number of anilines is 2. The predicted octanol–water partition coefficient (Wildman–Crippen LogP) is 7.32. The number of benzene rings is 3. The molecule has 0 aliphatic carbocycles. The maximum atomic E-state index is 12.7. The van der Waals surface area contributed by atoms with Gasteiger partial charge in [-0.25, -0.2) is 9.78 Å². The number of aromatic nitrogens is 1. The van der Waals surface area contributed by atoms with Crippen LogP contribution in [-0.4, -0.2) is 11.0 Å². The summed E-state index contributed by atoms with van der Waals surface area (Å²) in [6.07, 6.45) is 1.47. The molecule has 2 amide bonds. The molecule has 0 aliphatic rings. The number of ether oxygens (including phenoxy) is 2. The van der Waals surface area contributed by atoms with Crippen molar-refractivity contribution in [2.75, 3.05) is 10.6 Å². The van der Waals surface area contributed by atoms with Gasteiger partial charge in [0.05, 0.1) is 16.8 Å². The lowest BCUT2D eigenvalue weighted by molar-refractivity contribution is 0.262. The Morgan fingerprint density at radius 1 is 0.811 bits per heavy atom. The van der Waals surface area contributed by atoms with E-state index in [0.29, 0.717) is 50.7 Å². The Balaban J connectivity index is 1.44. The average Bonchev–Trinajstić information content (AvgIpc) is 2.88. The van der Waals surface area contributed by atoms with E-state index in [9.17, 15) is 4.79 Å². The summed E-state index contributed by atoms with van der Waals surface area (Å²) in [6.45, 7) is 3.76. The highest BCUT2D eigenvalue weighted by atomic mass is 35.5. The standard InChI is InChI=1S/C28H20ClN5O3/c1-17-3-6-20(11-26(17)36-23-9-5-19(14-30)25(29)13-23)33-28(35)34-21-7-4-18(2)27(12-21)37-24-10-8-22(15-31)32-16-24/h3-13,16H,1-2H3,(H2,33,34,35). The zero-order chi connectivity index (χ0) is 26.4. The molecule has 8 nitrogen and oxygen atoms in total. The van der Waals surface area contributed by atoms with E-state index in [2.05, 4.69) is 15.6 Å². The molecule has 4 aromatic rings. The number of hydrogen-bond acceptors (Lipinski definition) is 6. The van der Waals surface area contributed by atoms with E-state index in [0.717, 1.165) is 11.1 Å². The zero-order valence-corrected chi connectivity index (χ0v) is 20.6. The molecule has 1 aromatic heterocycles. The first-order valence-electron chi connectivity index (χ1n) is 11.1. The fraction of sp³-hybridized carbons (Fsp3) is 0.0714. The van der Waals surface area contributed by atoms with Crippen LogP contribution in [0.25, 0.3) is 0 Å². The highest BCUT2D eigenvalue weighted by molar-refractivity contribution is 6.31. The molecule has 1 heterocycles. The summed E-state index contributed by atoms with van der Waals surface area (Å²) in [4.78, 5) is 16.7. The summed E-state index contributed by atoms with van der Waals surface area (Å²) >= 11 is 6.10. The SMILES string of the molecule is Cc1ccc(NC(=O)Nc2ccc(C)c(Oc3ccc(C#N)c(Cl)c3)c2)cc1Oc1ccc(C#N)nc1. The van der Waals surface area contributed by atoms with Gasteiger partial charge in [0.2, 0.25) is 0 Å². The van der Waals surface area contributed by atoms with Crippen LogP contribution in [0.1, 0.15) is 22.4 Å². The number of nitrogens with zero attached hydrogens (tertiary/aromatic N) is 3. The molecule has 0 radical (unpaired) electrons. The van der Waals surface area contributed by atoms with Crippen molar-refractivity contribution < 1.29 is 14.3 Å². The largest absolute Gasteiger partial charge is 0.457 e. The van der Waals surface area contributed by atoms with Crippen molar-refractivity contribution in [2.45, 2.75) is 13.8 Å². The van der Waals surface area contributed by atoms with Gasteiger partial charge in [-0.1, -0.05) is 23.7 Å². The smallest absolute Gasteiger partial charge is 0.323 e. The Morgan fingerprint density at radius 3 is 1.92 bits per heavy atom. The van der Waals surface area contributed by atoms with Crippen LogP contribution >= 0.6 is 11.6 Å². The third-order valence-electron chi connectivity index (χ3n) is 5.26. The summed E-state index contributed by atoms with van der Waals surface area (Å²) in [5, 5.41) is 23.8. The molecule has 9 heteroatoms. The van der Waals surface area contributed by atoms with Crippen molar-refractivity contribution >= 4 is 29.0 Å². The number of carbonyl (C=O) groups is 1. The third kappa shape index (κ3) is 6.34. The van der Waals surface area contributed by atoms with Crippen LogP contribution < -0.4 is 20.1 Å². The first-order valence-corrected chi connectivity index (χ1v) is 11.4. The first kappa shape index (κ1) is 25.1. The van der Waals surface area contributed by atoms with Crippen LogP contribution in [0.2, 0.25) is 5.02 Å². The lowest BCUT2D eigenvalue weighted by atomic mass is 10.2. The van der Waals surface area contributed by atoms with E-state index in [-0.39, 0.29) is 0 Å². The molecule has 0 bridgehead atoms.